The molecule has 0 aliphatic carbocycles. The molecule has 4 heteroatoms. The van der Waals surface area contributed by atoms with E-state index in [0.717, 1.165) is 0 Å². The van der Waals surface area contributed by atoms with Gasteiger partial charge in [-0.1, -0.05) is 0 Å². The van der Waals surface area contributed by atoms with Crippen LogP contribution >= 0.6 is 9.47 Å². The summed E-state index contributed by atoms with van der Waals surface area (Å²) in [6, 6.07) is 4.53. The summed E-state index contributed by atoms with van der Waals surface area (Å²) in [6.45, 7) is 1.40. The largest absolute Gasteiger partial charge is 0.507 e. The van der Waals surface area contributed by atoms with Gasteiger partial charge in [-0.25, -0.2) is 0 Å². The number of Topliss-reactive ketones (excluding diaryl/α,β-unsaturated/α-hetero) is 1. The summed E-state index contributed by atoms with van der Waals surface area (Å²) in [6.07, 6.45) is 0. The van der Waals surface area contributed by atoms with E-state index >= 15 is 0 Å². The normalized spacial score (nSPS) is 9.50. The van der Waals surface area contributed by atoms with Crippen molar-refractivity contribution in [1.29, 1.82) is 0 Å². The van der Waals surface area contributed by atoms with Gasteiger partial charge in [0, 0.05) is 6.07 Å². The summed E-state index contributed by atoms with van der Waals surface area (Å²) in [7, 11) is 2.06. The van der Waals surface area contributed by atoms with E-state index in [1.807, 2.05) is 0 Å². The predicted octanol–water partition coefficient (Wildman–Crippen LogP) is 1.76. The Morgan fingerprint density at radius 1 is 1.58 bits per heavy atom. The molecule has 1 aromatic rings. The van der Waals surface area contributed by atoms with Crippen LogP contribution in [0.3, 0.4) is 0 Å². The lowest BCUT2D eigenvalue weighted by Crippen LogP contribution is -1.91. The molecule has 12 heavy (non-hydrogen) atoms. The van der Waals surface area contributed by atoms with Gasteiger partial charge in [-0.15, -0.1) is 0 Å². The molecule has 0 aromatic heterocycles. The molecule has 3 nitrogen and oxygen atoms in total. The van der Waals surface area contributed by atoms with Crippen LogP contribution in [0.1, 0.15) is 17.3 Å². The van der Waals surface area contributed by atoms with Crippen molar-refractivity contribution in [1.82, 2.24) is 0 Å². The molecule has 0 radical (unpaired) electrons. The molecule has 0 amide bonds. The number of rotatable bonds is 2. The molecule has 1 aromatic carbocycles. The highest BCUT2D eigenvalue weighted by Gasteiger charge is 2.06. The van der Waals surface area contributed by atoms with Gasteiger partial charge in [-0.3, -0.25) is 4.79 Å². The number of phenolic OH excluding ortho intramolecular Hbond substituents is 1. The Hall–Kier alpha value is -1.08. The summed E-state index contributed by atoms with van der Waals surface area (Å²) < 4.78 is 4.78. The van der Waals surface area contributed by atoms with Crippen molar-refractivity contribution in [2.24, 2.45) is 0 Å². The van der Waals surface area contributed by atoms with Crippen LogP contribution in [0.5, 0.6) is 11.5 Å². The van der Waals surface area contributed by atoms with Crippen LogP contribution in [0, 0.1) is 0 Å². The van der Waals surface area contributed by atoms with Gasteiger partial charge in [-0.05, 0) is 19.1 Å². The quantitative estimate of drug-likeness (QED) is 0.562. The van der Waals surface area contributed by atoms with Crippen LogP contribution in [-0.4, -0.2) is 10.9 Å². The number of phenols is 1. The summed E-state index contributed by atoms with van der Waals surface area (Å²) in [4.78, 5) is 10.9. The fraction of sp³-hybridized carbons (Fsp3) is 0.125. The minimum absolute atomic E-state index is 0.0533. The molecule has 0 aliphatic rings. The minimum atomic E-state index is -0.164. The number of aromatic hydroxyl groups is 1. The highest BCUT2D eigenvalue weighted by Crippen LogP contribution is 2.24. The van der Waals surface area contributed by atoms with Gasteiger partial charge in [0.1, 0.15) is 11.5 Å². The Morgan fingerprint density at radius 3 is 2.67 bits per heavy atom. The third-order valence-electron chi connectivity index (χ3n) is 1.48. The first-order valence-electron chi connectivity index (χ1n) is 3.36. The smallest absolute Gasteiger partial charge is 0.163 e. The van der Waals surface area contributed by atoms with Gasteiger partial charge < -0.3 is 9.63 Å². The van der Waals surface area contributed by atoms with Crippen LogP contribution in [0.4, 0.5) is 0 Å². The second-order valence-corrected chi connectivity index (χ2v) is 2.59. The molecular formula is C8H9O3P. The van der Waals surface area contributed by atoms with Crippen molar-refractivity contribution in [3.05, 3.63) is 23.8 Å². The standard InChI is InChI=1S/C8H9O3P/c1-5(9)7-3-2-6(11-12)4-8(7)10/h2-4,10H,12H2,1H3. The molecule has 0 fully saturated rings. The van der Waals surface area contributed by atoms with Crippen LogP contribution in [0.15, 0.2) is 18.2 Å². The molecule has 1 atom stereocenters. The second-order valence-electron chi connectivity index (χ2n) is 2.35. The van der Waals surface area contributed by atoms with Gasteiger partial charge in [0.05, 0.1) is 15.0 Å². The zero-order valence-electron chi connectivity index (χ0n) is 6.57. The van der Waals surface area contributed by atoms with Crippen molar-refractivity contribution in [3.8, 4) is 11.5 Å². The van der Waals surface area contributed by atoms with Gasteiger partial charge in [0.15, 0.2) is 5.78 Å². The topological polar surface area (TPSA) is 46.5 Å². The first-order valence-corrected chi connectivity index (χ1v) is 3.83. The molecule has 1 unspecified atom stereocenters. The molecule has 0 saturated heterocycles. The number of ketones is 1. The lowest BCUT2D eigenvalue weighted by Gasteiger charge is -2.02. The fourth-order valence-electron chi connectivity index (χ4n) is 0.882. The highest BCUT2D eigenvalue weighted by atomic mass is 31.0. The lowest BCUT2D eigenvalue weighted by molar-refractivity contribution is 0.101. The maximum Gasteiger partial charge on any atom is 0.163 e. The number of carbonyl (C=O) groups excluding carboxylic acids is 1. The molecule has 1 rings (SSSR count). The van der Waals surface area contributed by atoms with Crippen molar-refractivity contribution >= 4 is 15.2 Å². The Morgan fingerprint density at radius 2 is 2.25 bits per heavy atom. The van der Waals surface area contributed by atoms with Gasteiger partial charge >= 0.3 is 0 Å². The number of hydrogen-bond acceptors (Lipinski definition) is 3. The lowest BCUT2D eigenvalue weighted by atomic mass is 10.1. The van der Waals surface area contributed by atoms with Crippen LogP contribution in [0.25, 0.3) is 0 Å². The summed E-state index contributed by atoms with van der Waals surface area (Å²) in [5, 5.41) is 9.28. The number of benzene rings is 1. The van der Waals surface area contributed by atoms with E-state index in [1.54, 1.807) is 6.07 Å². The first-order chi connectivity index (χ1) is 5.65. The van der Waals surface area contributed by atoms with Gasteiger partial charge in [-0.2, -0.15) is 0 Å². The maximum atomic E-state index is 10.9. The van der Waals surface area contributed by atoms with Crippen LogP contribution in [-0.2, 0) is 0 Å². The zero-order chi connectivity index (χ0) is 9.14. The van der Waals surface area contributed by atoms with Crippen molar-refractivity contribution in [2.75, 3.05) is 0 Å². The molecule has 0 saturated carbocycles. The van der Waals surface area contributed by atoms with E-state index in [4.69, 9.17) is 4.52 Å². The van der Waals surface area contributed by atoms with Crippen molar-refractivity contribution in [2.45, 2.75) is 6.92 Å². The maximum absolute atomic E-state index is 10.9. The SMILES string of the molecule is CC(=O)c1ccc(OP)cc1O. The molecular weight excluding hydrogens is 175 g/mol. The molecule has 1 N–H and O–H groups in total. The van der Waals surface area contributed by atoms with Crippen molar-refractivity contribution in [3.63, 3.8) is 0 Å². The van der Waals surface area contributed by atoms with Gasteiger partial charge in [0.2, 0.25) is 0 Å². The molecule has 0 spiro atoms. The van der Waals surface area contributed by atoms with E-state index in [9.17, 15) is 9.90 Å². The number of hydrogen-bond donors (Lipinski definition) is 1. The highest BCUT2D eigenvalue weighted by molar-refractivity contribution is 7.10. The Bertz CT molecular complexity index is 309. The summed E-state index contributed by atoms with van der Waals surface area (Å²) in [5.41, 5.74) is 0.306. The molecule has 0 aliphatic heterocycles. The Kier molecular flexibility index (Phi) is 2.66. The van der Waals surface area contributed by atoms with E-state index < -0.39 is 0 Å². The van der Waals surface area contributed by atoms with E-state index in [2.05, 4.69) is 9.47 Å². The monoisotopic (exact) mass is 184 g/mol. The summed E-state index contributed by atoms with van der Waals surface area (Å²) in [5.74, 6) is 0.285. The molecule has 0 heterocycles. The first kappa shape index (κ1) is 9.01. The second kappa shape index (κ2) is 3.55. The average Bonchev–Trinajstić information content (AvgIpc) is 2.03. The summed E-state index contributed by atoms with van der Waals surface area (Å²) >= 11 is 0. The molecule has 0 bridgehead atoms. The van der Waals surface area contributed by atoms with E-state index in [-0.39, 0.29) is 11.5 Å². The number of carbonyl (C=O) groups is 1. The third kappa shape index (κ3) is 1.74. The van der Waals surface area contributed by atoms with Crippen LogP contribution in [0.2, 0.25) is 0 Å². The van der Waals surface area contributed by atoms with Crippen LogP contribution < -0.4 is 4.52 Å². The van der Waals surface area contributed by atoms with Crippen molar-refractivity contribution < 1.29 is 14.4 Å². The minimum Gasteiger partial charge on any atom is -0.507 e. The molecule has 64 valence electrons. The Labute approximate surface area is 72.6 Å². The van der Waals surface area contributed by atoms with Gasteiger partial charge in [0.25, 0.3) is 0 Å². The van der Waals surface area contributed by atoms with E-state index in [1.165, 1.54) is 19.1 Å². The third-order valence-corrected chi connectivity index (χ3v) is 1.76. The predicted molar refractivity (Wildman–Crippen MR) is 48.4 cm³/mol. The fourth-order valence-corrected chi connectivity index (χ4v) is 1.03. The van der Waals surface area contributed by atoms with E-state index in [0.29, 0.717) is 11.3 Å². The Balaban J connectivity index is 3.12. The average molecular weight is 184 g/mol. The zero-order valence-corrected chi connectivity index (χ0v) is 7.73.